The highest BCUT2D eigenvalue weighted by atomic mass is 32.2. The van der Waals surface area contributed by atoms with Gasteiger partial charge in [-0.15, -0.1) is 0 Å². The molecule has 6 heteroatoms. The van der Waals surface area contributed by atoms with E-state index in [2.05, 4.69) is 0 Å². The molecule has 0 spiro atoms. The van der Waals surface area contributed by atoms with E-state index in [0.717, 1.165) is 12.1 Å². The third-order valence-corrected chi connectivity index (χ3v) is 2.01. The summed E-state index contributed by atoms with van der Waals surface area (Å²) in [5.41, 5.74) is 0. The van der Waals surface area contributed by atoms with Gasteiger partial charge in [-0.05, 0) is 6.07 Å². The lowest BCUT2D eigenvalue weighted by atomic mass is 10.3. The molecule has 0 aliphatic heterocycles. The van der Waals surface area contributed by atoms with Crippen LogP contribution in [0.5, 0.6) is 11.5 Å². The summed E-state index contributed by atoms with van der Waals surface area (Å²) in [5, 5.41) is 17.6. The fourth-order valence-electron chi connectivity index (χ4n) is 0.654. The summed E-state index contributed by atoms with van der Waals surface area (Å²) < 4.78 is 29.4. The second-order valence-corrected chi connectivity index (χ2v) is 3.44. The maximum atomic E-state index is 10.5. The second kappa shape index (κ2) is 2.65. The Balaban J connectivity index is 3.43. The monoisotopic (exact) mass is 189 g/mol. The molecule has 0 fully saturated rings. The lowest BCUT2D eigenvalue weighted by Crippen LogP contribution is -1.97. The molecule has 0 saturated carbocycles. The zero-order chi connectivity index (χ0) is 9.35. The third-order valence-electron chi connectivity index (χ3n) is 1.15. The molecular formula is C6H5O5S. The summed E-state index contributed by atoms with van der Waals surface area (Å²) in [5.74, 6) is -1.13. The van der Waals surface area contributed by atoms with Gasteiger partial charge in [-0.1, -0.05) is 0 Å². The minimum Gasteiger partial charge on any atom is -0.508 e. The van der Waals surface area contributed by atoms with Crippen LogP contribution in [-0.2, 0) is 10.1 Å². The highest BCUT2D eigenvalue weighted by Gasteiger charge is 2.15. The Morgan fingerprint density at radius 1 is 1.33 bits per heavy atom. The summed E-state index contributed by atoms with van der Waals surface area (Å²) in [4.78, 5) is -0.762. The largest absolute Gasteiger partial charge is 0.508 e. The predicted molar refractivity (Wildman–Crippen MR) is 38.4 cm³/mol. The third kappa shape index (κ3) is 1.66. The summed E-state index contributed by atoms with van der Waals surface area (Å²) in [6.07, 6.45) is 0. The van der Waals surface area contributed by atoms with Crippen molar-refractivity contribution < 1.29 is 23.2 Å². The minimum atomic E-state index is -4.50. The van der Waals surface area contributed by atoms with Crippen molar-refractivity contribution in [3.63, 3.8) is 0 Å². The van der Waals surface area contributed by atoms with Crippen molar-refractivity contribution >= 4 is 10.1 Å². The van der Waals surface area contributed by atoms with Crippen LogP contribution in [0.4, 0.5) is 0 Å². The van der Waals surface area contributed by atoms with Gasteiger partial charge in [0, 0.05) is 12.1 Å². The van der Waals surface area contributed by atoms with Gasteiger partial charge >= 0.3 is 0 Å². The van der Waals surface area contributed by atoms with Crippen molar-refractivity contribution in [2.75, 3.05) is 0 Å². The van der Waals surface area contributed by atoms with E-state index < -0.39 is 26.5 Å². The summed E-state index contributed by atoms with van der Waals surface area (Å²) in [7, 11) is -4.50. The molecule has 1 aromatic carbocycles. The molecule has 0 aliphatic carbocycles. The first-order valence-electron chi connectivity index (χ1n) is 2.82. The average Bonchev–Trinajstić information content (AvgIpc) is 1.92. The fourth-order valence-corrected chi connectivity index (χ4v) is 1.23. The molecule has 5 nitrogen and oxygen atoms in total. The highest BCUT2D eigenvalue weighted by Crippen LogP contribution is 2.25. The lowest BCUT2D eigenvalue weighted by Gasteiger charge is -1.99. The number of phenolic OH excluding ortho intramolecular Hbond substituents is 2. The number of hydrogen-bond acceptors (Lipinski definition) is 4. The van der Waals surface area contributed by atoms with E-state index in [1.54, 1.807) is 0 Å². The molecule has 12 heavy (non-hydrogen) atoms. The van der Waals surface area contributed by atoms with Crippen LogP contribution in [0.25, 0.3) is 0 Å². The summed E-state index contributed by atoms with van der Waals surface area (Å²) in [6.45, 7) is 0. The van der Waals surface area contributed by atoms with Gasteiger partial charge < -0.3 is 10.2 Å². The van der Waals surface area contributed by atoms with Gasteiger partial charge in [0.05, 0.1) is 0 Å². The Morgan fingerprint density at radius 3 is 2.33 bits per heavy atom. The first kappa shape index (κ1) is 8.82. The van der Waals surface area contributed by atoms with Crippen LogP contribution in [0.3, 0.4) is 0 Å². The zero-order valence-electron chi connectivity index (χ0n) is 5.72. The first-order valence-corrected chi connectivity index (χ1v) is 4.26. The maximum Gasteiger partial charge on any atom is 0.298 e. The van der Waals surface area contributed by atoms with Crippen molar-refractivity contribution in [2.24, 2.45) is 0 Å². The van der Waals surface area contributed by atoms with Crippen LogP contribution in [0.2, 0.25) is 0 Å². The number of benzene rings is 1. The van der Waals surface area contributed by atoms with Gasteiger partial charge in [-0.3, -0.25) is 4.55 Å². The van der Waals surface area contributed by atoms with E-state index in [-0.39, 0.29) is 0 Å². The normalized spacial score (nSPS) is 11.4. The van der Waals surface area contributed by atoms with Crippen molar-refractivity contribution in [2.45, 2.75) is 4.90 Å². The topological polar surface area (TPSA) is 94.8 Å². The molecule has 65 valence electrons. The molecule has 1 radical (unpaired) electrons. The highest BCUT2D eigenvalue weighted by molar-refractivity contribution is 7.86. The number of aromatic hydroxyl groups is 2. The molecule has 1 rings (SSSR count). The van der Waals surface area contributed by atoms with Crippen molar-refractivity contribution in [3.05, 3.63) is 18.2 Å². The molecule has 0 amide bonds. The van der Waals surface area contributed by atoms with E-state index in [0.29, 0.717) is 0 Å². The van der Waals surface area contributed by atoms with E-state index >= 15 is 0 Å². The molecule has 0 atom stereocenters. The molecule has 0 unspecified atom stereocenters. The van der Waals surface area contributed by atoms with E-state index in [4.69, 9.17) is 14.8 Å². The molecule has 0 aliphatic rings. The van der Waals surface area contributed by atoms with Crippen molar-refractivity contribution in [1.29, 1.82) is 0 Å². The van der Waals surface area contributed by atoms with Gasteiger partial charge in [0.25, 0.3) is 10.1 Å². The van der Waals surface area contributed by atoms with Crippen molar-refractivity contribution in [1.82, 2.24) is 0 Å². The van der Waals surface area contributed by atoms with E-state index in [9.17, 15) is 8.42 Å². The van der Waals surface area contributed by atoms with Crippen molar-refractivity contribution in [3.8, 4) is 11.5 Å². The smallest absolute Gasteiger partial charge is 0.298 e. The van der Waals surface area contributed by atoms with Crippen LogP contribution in [0.15, 0.2) is 17.0 Å². The Kier molecular flexibility index (Phi) is 1.95. The lowest BCUT2D eigenvalue weighted by molar-refractivity contribution is 0.432. The predicted octanol–water partition coefficient (Wildman–Crippen LogP) is 0.145. The summed E-state index contributed by atoms with van der Waals surface area (Å²) >= 11 is 0. The molecule has 0 bridgehead atoms. The van der Waals surface area contributed by atoms with Gasteiger partial charge in [0.1, 0.15) is 16.4 Å². The Bertz CT molecular complexity index is 394. The quantitative estimate of drug-likeness (QED) is 0.431. The van der Waals surface area contributed by atoms with Crippen LogP contribution in [-0.4, -0.2) is 23.2 Å². The molecule has 1 aromatic rings. The van der Waals surface area contributed by atoms with Crippen LogP contribution in [0, 0.1) is 6.07 Å². The second-order valence-electron chi connectivity index (χ2n) is 2.05. The molecule has 0 saturated heterocycles. The standard InChI is InChI=1S/C6H5O5S/c7-4-1-2-5(8)6(3-4)12(9,10)11/h1,3,7-8H,(H,9,10,11). The van der Waals surface area contributed by atoms with E-state index in [1.165, 1.54) is 0 Å². The Hall–Kier alpha value is -1.27. The van der Waals surface area contributed by atoms with Crippen LogP contribution in [0.1, 0.15) is 0 Å². The van der Waals surface area contributed by atoms with Crippen LogP contribution < -0.4 is 0 Å². The van der Waals surface area contributed by atoms with Gasteiger partial charge in [-0.25, -0.2) is 0 Å². The fraction of sp³-hybridized carbons (Fsp3) is 0. The number of hydrogen-bond donors (Lipinski definition) is 3. The molecule has 3 N–H and O–H groups in total. The molecule has 0 aromatic heterocycles. The number of phenols is 2. The van der Waals surface area contributed by atoms with E-state index in [1.807, 2.05) is 6.07 Å². The summed E-state index contributed by atoms with van der Waals surface area (Å²) in [6, 6.07) is 3.74. The Morgan fingerprint density at radius 2 is 1.92 bits per heavy atom. The zero-order valence-corrected chi connectivity index (χ0v) is 6.54. The first-order chi connectivity index (χ1) is 5.41. The Labute approximate surface area is 68.6 Å². The number of rotatable bonds is 1. The van der Waals surface area contributed by atoms with Gasteiger partial charge in [0.2, 0.25) is 0 Å². The molecule has 0 heterocycles. The van der Waals surface area contributed by atoms with Gasteiger partial charge in [0.15, 0.2) is 0 Å². The van der Waals surface area contributed by atoms with Crippen LogP contribution >= 0.6 is 0 Å². The molecular weight excluding hydrogens is 184 g/mol. The maximum absolute atomic E-state index is 10.5. The average molecular weight is 189 g/mol. The van der Waals surface area contributed by atoms with Gasteiger partial charge in [-0.2, -0.15) is 8.42 Å². The SMILES string of the molecule is O=S(=O)(O)c1cc(O)c[c]c1O. The minimum absolute atomic E-state index is 0.402.